The molecule has 2 heterocycles. The molecule has 0 radical (unpaired) electrons. The van der Waals surface area contributed by atoms with Crippen LogP contribution in [0.15, 0.2) is 16.0 Å². The molecule has 25 heavy (non-hydrogen) atoms. The van der Waals surface area contributed by atoms with Crippen molar-refractivity contribution in [2.24, 2.45) is 0 Å². The van der Waals surface area contributed by atoms with Crippen molar-refractivity contribution in [2.75, 3.05) is 0 Å². The molecular formula is C11H8BrF6N3O2S2. The normalized spacial score (nSPS) is 13.4. The van der Waals surface area contributed by atoms with Gasteiger partial charge in [-0.3, -0.25) is 4.68 Å². The third-order valence-corrected chi connectivity index (χ3v) is 5.79. The van der Waals surface area contributed by atoms with E-state index in [2.05, 4.69) is 26.0 Å². The number of alkyl halides is 6. The minimum Gasteiger partial charge on any atom is -0.262 e. The molecule has 0 aliphatic carbocycles. The summed E-state index contributed by atoms with van der Waals surface area (Å²) < 4.78 is 99.0. The highest BCUT2D eigenvalue weighted by atomic mass is 79.9. The van der Waals surface area contributed by atoms with Crippen LogP contribution >= 0.6 is 27.3 Å². The fraction of sp³-hybridized carbons (Fsp3) is 0.455. The first-order valence-electron chi connectivity index (χ1n) is 6.26. The van der Waals surface area contributed by atoms with Crippen LogP contribution in [0.1, 0.15) is 16.4 Å². The van der Waals surface area contributed by atoms with Gasteiger partial charge in [0, 0.05) is 11.6 Å². The molecule has 0 unspecified atom stereocenters. The van der Waals surface area contributed by atoms with Crippen LogP contribution in [0.3, 0.4) is 0 Å². The van der Waals surface area contributed by atoms with E-state index in [0.29, 0.717) is 21.4 Å². The maximum atomic E-state index is 12.5. The van der Waals surface area contributed by atoms with Gasteiger partial charge in [0.2, 0.25) is 0 Å². The van der Waals surface area contributed by atoms with Crippen molar-refractivity contribution in [1.82, 2.24) is 14.8 Å². The van der Waals surface area contributed by atoms with Gasteiger partial charge in [-0.2, -0.15) is 31.4 Å². The van der Waals surface area contributed by atoms with Gasteiger partial charge in [-0.15, -0.1) is 11.3 Å². The highest BCUT2D eigenvalue weighted by molar-refractivity contribution is 9.10. The Balaban J connectivity index is 2.12. The SMILES string of the molecule is O=S(=O)(Cc1nc(C(F)(F)F)cs1)Cc1nn(CC(F)(F)F)cc1Br. The van der Waals surface area contributed by atoms with E-state index in [9.17, 15) is 34.8 Å². The van der Waals surface area contributed by atoms with E-state index in [4.69, 9.17) is 0 Å². The van der Waals surface area contributed by atoms with Crippen LogP contribution in [-0.4, -0.2) is 29.4 Å². The molecule has 2 rings (SSSR count). The number of sulfone groups is 1. The first-order valence-corrected chi connectivity index (χ1v) is 9.75. The third-order valence-electron chi connectivity index (χ3n) is 2.67. The van der Waals surface area contributed by atoms with E-state index in [1.54, 1.807) is 0 Å². The Kier molecular flexibility index (Phi) is 5.54. The van der Waals surface area contributed by atoms with E-state index in [-0.39, 0.29) is 15.2 Å². The molecule has 0 saturated heterocycles. The van der Waals surface area contributed by atoms with Gasteiger partial charge < -0.3 is 0 Å². The molecular weight excluding hydrogens is 464 g/mol. The minimum absolute atomic E-state index is 0.0513. The summed E-state index contributed by atoms with van der Waals surface area (Å²) in [5, 5.41) is 3.97. The van der Waals surface area contributed by atoms with Gasteiger partial charge in [0.25, 0.3) is 0 Å². The van der Waals surface area contributed by atoms with Crippen LogP contribution in [0.2, 0.25) is 0 Å². The number of rotatable bonds is 5. The first kappa shape index (κ1) is 20.2. The number of hydrogen-bond donors (Lipinski definition) is 0. The molecule has 2 aromatic heterocycles. The van der Waals surface area contributed by atoms with Crippen molar-refractivity contribution in [1.29, 1.82) is 0 Å². The quantitative estimate of drug-likeness (QED) is 0.622. The lowest BCUT2D eigenvalue weighted by atomic mass is 10.5. The Hall–Kier alpha value is -1.15. The standard InChI is InChI=1S/C11H8BrF6N3O2S2/c12-6-1-21(5-10(13,14)15)20-7(6)3-25(22,23)4-9-19-8(2-24-9)11(16,17)18/h1-2H,3-5H2. The lowest BCUT2D eigenvalue weighted by Crippen LogP contribution is -2.18. The number of aromatic nitrogens is 3. The summed E-state index contributed by atoms with van der Waals surface area (Å²) >= 11 is 3.45. The Morgan fingerprint density at radius 2 is 1.80 bits per heavy atom. The van der Waals surface area contributed by atoms with E-state index in [0.717, 1.165) is 6.20 Å². The van der Waals surface area contributed by atoms with E-state index in [1.165, 1.54) is 0 Å². The molecule has 0 fully saturated rings. The molecule has 0 bridgehead atoms. The smallest absolute Gasteiger partial charge is 0.262 e. The molecule has 0 amide bonds. The number of hydrogen-bond acceptors (Lipinski definition) is 5. The molecule has 0 aromatic carbocycles. The van der Waals surface area contributed by atoms with Gasteiger partial charge in [0.1, 0.15) is 17.3 Å². The summed E-state index contributed by atoms with van der Waals surface area (Å²) in [6.45, 7) is -1.40. The maximum Gasteiger partial charge on any atom is 0.434 e. The van der Waals surface area contributed by atoms with Crippen LogP contribution in [0, 0.1) is 0 Å². The Labute approximate surface area is 149 Å². The lowest BCUT2D eigenvalue weighted by Gasteiger charge is -2.05. The van der Waals surface area contributed by atoms with Gasteiger partial charge in [0.15, 0.2) is 15.5 Å². The van der Waals surface area contributed by atoms with Crippen molar-refractivity contribution in [3.8, 4) is 0 Å². The van der Waals surface area contributed by atoms with Crippen molar-refractivity contribution in [2.45, 2.75) is 30.4 Å². The molecule has 5 nitrogen and oxygen atoms in total. The zero-order valence-corrected chi connectivity index (χ0v) is 15.1. The average molecular weight is 472 g/mol. The number of nitrogens with zero attached hydrogens (tertiary/aromatic N) is 3. The van der Waals surface area contributed by atoms with Gasteiger partial charge in [-0.1, -0.05) is 0 Å². The van der Waals surface area contributed by atoms with Crippen molar-refractivity contribution in [3.05, 3.63) is 32.4 Å². The highest BCUT2D eigenvalue weighted by Gasteiger charge is 2.34. The molecule has 14 heteroatoms. The fourth-order valence-electron chi connectivity index (χ4n) is 1.75. The van der Waals surface area contributed by atoms with Gasteiger partial charge in [-0.05, 0) is 15.9 Å². The summed E-state index contributed by atoms with van der Waals surface area (Å²) in [6, 6.07) is 0. The van der Waals surface area contributed by atoms with Gasteiger partial charge in [0.05, 0.1) is 15.9 Å². The molecule has 0 spiro atoms. The summed E-state index contributed by atoms with van der Waals surface area (Å²) in [7, 11) is -3.98. The van der Waals surface area contributed by atoms with Crippen molar-refractivity contribution in [3.63, 3.8) is 0 Å². The third kappa shape index (κ3) is 5.95. The summed E-state index contributed by atoms with van der Waals surface area (Å²) in [4.78, 5) is 3.21. The van der Waals surface area contributed by atoms with Crippen LogP contribution in [0.25, 0.3) is 0 Å². The second-order valence-corrected chi connectivity index (χ2v) is 8.75. The van der Waals surface area contributed by atoms with Gasteiger partial charge >= 0.3 is 12.4 Å². The summed E-state index contributed by atoms with van der Waals surface area (Å²) in [5.41, 5.74) is -1.37. The number of halogens is 7. The average Bonchev–Trinajstić information content (AvgIpc) is 2.94. The molecule has 0 aliphatic rings. The Bertz CT molecular complexity index is 856. The molecule has 140 valence electrons. The van der Waals surface area contributed by atoms with E-state index < -0.39 is 45.9 Å². The first-order chi connectivity index (χ1) is 11.3. The van der Waals surface area contributed by atoms with E-state index >= 15 is 0 Å². The zero-order chi connectivity index (χ0) is 19.0. The molecule has 0 saturated carbocycles. The van der Waals surface area contributed by atoms with Crippen molar-refractivity contribution < 1.29 is 34.8 Å². The van der Waals surface area contributed by atoms with Crippen molar-refractivity contribution >= 4 is 37.1 Å². The lowest BCUT2D eigenvalue weighted by molar-refractivity contribution is -0.143. The summed E-state index contributed by atoms with van der Waals surface area (Å²) in [6.07, 6.45) is -8.24. The Morgan fingerprint density at radius 1 is 1.16 bits per heavy atom. The topological polar surface area (TPSA) is 64.8 Å². The predicted octanol–water partition coefficient (Wildman–Crippen LogP) is 3.80. The number of thiazole rings is 1. The highest BCUT2D eigenvalue weighted by Crippen LogP contribution is 2.31. The molecule has 0 N–H and O–H groups in total. The molecule has 2 aromatic rings. The van der Waals surface area contributed by atoms with Gasteiger partial charge in [-0.25, -0.2) is 13.4 Å². The van der Waals surface area contributed by atoms with Crippen LogP contribution < -0.4 is 0 Å². The monoisotopic (exact) mass is 471 g/mol. The summed E-state index contributed by atoms with van der Waals surface area (Å²) in [5.74, 6) is -1.51. The maximum absolute atomic E-state index is 12.5. The minimum atomic E-state index is -4.68. The largest absolute Gasteiger partial charge is 0.434 e. The zero-order valence-electron chi connectivity index (χ0n) is 11.9. The molecule has 0 aliphatic heterocycles. The Morgan fingerprint density at radius 3 is 2.32 bits per heavy atom. The molecule has 0 atom stereocenters. The second kappa shape index (κ2) is 6.87. The predicted molar refractivity (Wildman–Crippen MR) is 79.4 cm³/mol. The van der Waals surface area contributed by atoms with Crippen LogP contribution in [0.4, 0.5) is 26.3 Å². The second-order valence-electron chi connectivity index (χ2n) is 4.89. The fourth-order valence-corrected chi connectivity index (χ4v) is 4.96. The van der Waals surface area contributed by atoms with Crippen LogP contribution in [0.5, 0.6) is 0 Å². The van der Waals surface area contributed by atoms with E-state index in [1.807, 2.05) is 0 Å². The van der Waals surface area contributed by atoms with Crippen LogP contribution in [-0.2, 0) is 34.1 Å².